The maximum atomic E-state index is 12.1. The van der Waals surface area contributed by atoms with Crippen molar-refractivity contribution in [3.63, 3.8) is 0 Å². The molecule has 0 fully saturated rings. The molecule has 0 spiro atoms. The first-order valence-corrected chi connectivity index (χ1v) is 6.19. The number of ketones is 1. The summed E-state index contributed by atoms with van der Waals surface area (Å²) >= 11 is 0. The van der Waals surface area contributed by atoms with Crippen molar-refractivity contribution in [2.75, 3.05) is 13.7 Å². The van der Waals surface area contributed by atoms with Gasteiger partial charge in [0.05, 0.1) is 5.56 Å². The second kappa shape index (κ2) is 5.46. The van der Waals surface area contributed by atoms with Gasteiger partial charge in [-0.1, -0.05) is 0 Å². The van der Waals surface area contributed by atoms with Gasteiger partial charge in [-0.3, -0.25) is 4.79 Å². The van der Waals surface area contributed by atoms with Crippen LogP contribution in [0.1, 0.15) is 29.8 Å². The van der Waals surface area contributed by atoms with Crippen molar-refractivity contribution >= 4 is 11.8 Å². The standard InChI is InChI=1S/C15H16O5/c1-8(2)14-13(17)10-5-6-11(9(3)15(10)20-14)19-12(16)7-18-4/h5-6H,7H2,1-4H3. The summed E-state index contributed by atoms with van der Waals surface area (Å²) in [6, 6.07) is 3.20. The number of rotatable bonds is 3. The number of Topliss-reactive ketones (excluding diaryl/α,β-unsaturated/α-hetero) is 1. The van der Waals surface area contributed by atoms with Crippen LogP contribution in [0.25, 0.3) is 0 Å². The van der Waals surface area contributed by atoms with E-state index in [4.69, 9.17) is 14.2 Å². The van der Waals surface area contributed by atoms with Crippen LogP contribution in [0.5, 0.6) is 11.5 Å². The summed E-state index contributed by atoms with van der Waals surface area (Å²) in [6.07, 6.45) is 0. The molecule has 0 aliphatic carbocycles. The molecule has 20 heavy (non-hydrogen) atoms. The lowest BCUT2D eigenvalue weighted by atomic mass is 10.1. The fourth-order valence-corrected chi connectivity index (χ4v) is 1.96. The van der Waals surface area contributed by atoms with Crippen LogP contribution in [0.4, 0.5) is 0 Å². The number of methoxy groups -OCH3 is 1. The molecule has 106 valence electrons. The summed E-state index contributed by atoms with van der Waals surface area (Å²) in [7, 11) is 1.42. The van der Waals surface area contributed by atoms with Crippen molar-refractivity contribution in [3.05, 3.63) is 34.6 Å². The van der Waals surface area contributed by atoms with Gasteiger partial charge in [0.15, 0.2) is 5.76 Å². The van der Waals surface area contributed by atoms with Gasteiger partial charge < -0.3 is 14.2 Å². The van der Waals surface area contributed by atoms with Crippen LogP contribution >= 0.6 is 0 Å². The average molecular weight is 276 g/mol. The molecular weight excluding hydrogens is 260 g/mol. The maximum absolute atomic E-state index is 12.1. The lowest BCUT2D eigenvalue weighted by molar-refractivity contribution is -0.138. The van der Waals surface area contributed by atoms with E-state index in [1.807, 2.05) is 13.8 Å². The van der Waals surface area contributed by atoms with Gasteiger partial charge in [0.25, 0.3) is 0 Å². The van der Waals surface area contributed by atoms with Crippen molar-refractivity contribution in [2.24, 2.45) is 0 Å². The molecule has 0 N–H and O–H groups in total. The monoisotopic (exact) mass is 276 g/mol. The smallest absolute Gasteiger partial charge is 0.337 e. The van der Waals surface area contributed by atoms with Crippen molar-refractivity contribution < 1.29 is 23.8 Å². The van der Waals surface area contributed by atoms with Gasteiger partial charge in [-0.05, 0) is 38.5 Å². The Hall–Kier alpha value is -2.14. The molecule has 1 heterocycles. The van der Waals surface area contributed by atoms with Gasteiger partial charge in [0.1, 0.15) is 18.1 Å². The fourth-order valence-electron chi connectivity index (χ4n) is 1.96. The van der Waals surface area contributed by atoms with E-state index in [-0.39, 0.29) is 12.4 Å². The molecule has 1 aliphatic heterocycles. The molecule has 1 aromatic carbocycles. The van der Waals surface area contributed by atoms with Gasteiger partial charge >= 0.3 is 5.97 Å². The first-order valence-electron chi connectivity index (χ1n) is 6.19. The van der Waals surface area contributed by atoms with Gasteiger partial charge in [-0.15, -0.1) is 0 Å². The summed E-state index contributed by atoms with van der Waals surface area (Å²) in [5.41, 5.74) is 1.92. The third-order valence-corrected chi connectivity index (χ3v) is 2.95. The molecule has 0 bridgehead atoms. The minimum atomic E-state index is -0.498. The lowest BCUT2D eigenvalue weighted by Gasteiger charge is -2.09. The Morgan fingerprint density at radius 2 is 2.00 bits per heavy atom. The lowest BCUT2D eigenvalue weighted by Crippen LogP contribution is -2.14. The fraction of sp³-hybridized carbons (Fsp3) is 0.333. The topological polar surface area (TPSA) is 61.8 Å². The van der Waals surface area contributed by atoms with Gasteiger partial charge in [-0.2, -0.15) is 0 Å². The molecule has 2 rings (SSSR count). The Labute approximate surface area is 117 Å². The molecule has 1 aromatic rings. The van der Waals surface area contributed by atoms with Gasteiger partial charge in [-0.25, -0.2) is 4.79 Å². The SMILES string of the molecule is COCC(=O)Oc1ccc2c(c1C)OC(=C(C)C)C2=O. The second-order valence-electron chi connectivity index (χ2n) is 4.73. The van der Waals surface area contributed by atoms with E-state index in [9.17, 15) is 9.59 Å². The van der Waals surface area contributed by atoms with E-state index >= 15 is 0 Å². The summed E-state index contributed by atoms with van der Waals surface area (Å²) in [4.78, 5) is 23.6. The average Bonchev–Trinajstić information content (AvgIpc) is 2.72. The number of esters is 1. The highest BCUT2D eigenvalue weighted by molar-refractivity contribution is 6.13. The molecule has 0 saturated heterocycles. The van der Waals surface area contributed by atoms with Crippen LogP contribution in [-0.2, 0) is 9.53 Å². The van der Waals surface area contributed by atoms with Crippen LogP contribution in [0.3, 0.4) is 0 Å². The summed E-state index contributed by atoms with van der Waals surface area (Å²) in [5.74, 6) is 0.520. The molecule has 5 heteroatoms. The third-order valence-electron chi connectivity index (χ3n) is 2.95. The number of carbonyl (C=O) groups excluding carboxylic acids is 2. The molecule has 1 aliphatic rings. The quantitative estimate of drug-likeness (QED) is 0.482. The predicted molar refractivity (Wildman–Crippen MR) is 72.0 cm³/mol. The van der Waals surface area contributed by atoms with E-state index in [2.05, 4.69) is 0 Å². The highest BCUT2D eigenvalue weighted by Gasteiger charge is 2.31. The van der Waals surface area contributed by atoms with Crippen LogP contribution < -0.4 is 9.47 Å². The molecule has 0 aromatic heterocycles. The molecule has 0 atom stereocenters. The highest BCUT2D eigenvalue weighted by atomic mass is 16.6. The minimum absolute atomic E-state index is 0.129. The molecule has 5 nitrogen and oxygen atoms in total. The molecule has 0 saturated carbocycles. The molecule has 0 amide bonds. The van der Waals surface area contributed by atoms with E-state index in [0.717, 1.165) is 5.57 Å². The third kappa shape index (κ3) is 2.44. The summed E-state index contributed by atoms with van der Waals surface area (Å²) in [5, 5.41) is 0. The summed E-state index contributed by atoms with van der Waals surface area (Å²) in [6.45, 7) is 5.24. The van der Waals surface area contributed by atoms with Crippen LogP contribution in [0.2, 0.25) is 0 Å². The molecular formula is C15H16O5. The van der Waals surface area contributed by atoms with Crippen molar-refractivity contribution in [1.82, 2.24) is 0 Å². The van der Waals surface area contributed by atoms with Crippen LogP contribution in [0.15, 0.2) is 23.5 Å². The highest BCUT2D eigenvalue weighted by Crippen LogP contribution is 2.39. The molecule has 0 unspecified atom stereocenters. The second-order valence-corrected chi connectivity index (χ2v) is 4.73. The van der Waals surface area contributed by atoms with Gasteiger partial charge in [0.2, 0.25) is 5.78 Å². The van der Waals surface area contributed by atoms with E-state index < -0.39 is 5.97 Å². The van der Waals surface area contributed by atoms with Crippen LogP contribution in [0, 0.1) is 6.92 Å². The first kappa shape index (κ1) is 14.3. The Morgan fingerprint density at radius 3 is 2.60 bits per heavy atom. The Kier molecular flexibility index (Phi) is 3.90. The largest absolute Gasteiger partial charge is 0.452 e. The van der Waals surface area contributed by atoms with Crippen molar-refractivity contribution in [3.8, 4) is 11.5 Å². The first-order chi connectivity index (χ1) is 9.45. The number of hydrogen-bond donors (Lipinski definition) is 0. The normalized spacial score (nSPS) is 13.0. The summed E-state index contributed by atoms with van der Waals surface area (Å²) < 4.78 is 15.5. The van der Waals surface area contributed by atoms with E-state index in [0.29, 0.717) is 28.4 Å². The van der Waals surface area contributed by atoms with E-state index in [1.165, 1.54) is 7.11 Å². The zero-order valence-corrected chi connectivity index (χ0v) is 11.9. The number of ether oxygens (including phenoxy) is 3. The number of carbonyl (C=O) groups is 2. The Bertz CT molecular complexity index is 609. The Morgan fingerprint density at radius 1 is 1.30 bits per heavy atom. The number of fused-ring (bicyclic) bond motifs is 1. The number of benzene rings is 1. The predicted octanol–water partition coefficient (Wildman–Crippen LogP) is 2.42. The maximum Gasteiger partial charge on any atom is 0.337 e. The van der Waals surface area contributed by atoms with Crippen molar-refractivity contribution in [1.29, 1.82) is 0 Å². The van der Waals surface area contributed by atoms with E-state index in [1.54, 1.807) is 19.1 Å². The Balaban J connectivity index is 2.36. The van der Waals surface area contributed by atoms with Gasteiger partial charge in [0, 0.05) is 12.7 Å². The zero-order valence-electron chi connectivity index (χ0n) is 11.9. The molecule has 0 radical (unpaired) electrons. The number of hydrogen-bond acceptors (Lipinski definition) is 5. The number of allylic oxidation sites excluding steroid dienone is 2. The van der Waals surface area contributed by atoms with Crippen LogP contribution in [-0.4, -0.2) is 25.5 Å². The van der Waals surface area contributed by atoms with Crippen molar-refractivity contribution in [2.45, 2.75) is 20.8 Å². The minimum Gasteiger partial charge on any atom is -0.452 e. The zero-order chi connectivity index (χ0) is 14.9.